The van der Waals surface area contributed by atoms with Gasteiger partial charge in [0.05, 0.1) is 16.2 Å². The first-order chi connectivity index (χ1) is 12.4. The molecule has 1 heterocycles. The zero-order valence-corrected chi connectivity index (χ0v) is 15.0. The lowest BCUT2D eigenvalue weighted by atomic mass is 10.2. The van der Waals surface area contributed by atoms with E-state index in [1.165, 1.54) is 22.8 Å². The fourth-order valence-corrected chi connectivity index (χ4v) is 3.79. The van der Waals surface area contributed by atoms with Crippen LogP contribution in [0, 0.1) is 0 Å². The van der Waals surface area contributed by atoms with E-state index in [0.29, 0.717) is 12.1 Å². The monoisotopic (exact) mass is 374 g/mol. The molecule has 1 N–H and O–H groups in total. The normalized spacial score (nSPS) is 11.6. The highest BCUT2D eigenvalue weighted by molar-refractivity contribution is 7.91. The number of carbonyl (C=O) groups excluding carboxylic acids is 1. The number of aromatic nitrogens is 1. The Balaban J connectivity index is 1.65. The Kier molecular flexibility index (Phi) is 4.94. The summed E-state index contributed by atoms with van der Waals surface area (Å²) in [6.45, 7) is 0.348. The third-order valence-electron chi connectivity index (χ3n) is 4.05. The van der Waals surface area contributed by atoms with Gasteiger partial charge < -0.3 is 9.73 Å². The number of fused-ring (bicyclic) bond motifs is 1. The van der Waals surface area contributed by atoms with Crippen LogP contribution in [0.1, 0.15) is 12.0 Å². The van der Waals surface area contributed by atoms with Crippen LogP contribution in [0.15, 0.2) is 62.6 Å². The van der Waals surface area contributed by atoms with Crippen LogP contribution in [-0.2, 0) is 28.2 Å². The van der Waals surface area contributed by atoms with Crippen molar-refractivity contribution in [3.05, 3.63) is 64.6 Å². The van der Waals surface area contributed by atoms with E-state index in [1.807, 2.05) is 30.3 Å². The number of nitrogens with zero attached hydrogens (tertiary/aromatic N) is 1. The van der Waals surface area contributed by atoms with Gasteiger partial charge in [0, 0.05) is 26.1 Å². The van der Waals surface area contributed by atoms with Crippen LogP contribution in [0.25, 0.3) is 11.1 Å². The number of benzene rings is 2. The summed E-state index contributed by atoms with van der Waals surface area (Å²) in [7, 11) is -2.12. The summed E-state index contributed by atoms with van der Waals surface area (Å²) in [5, 5.41) is 2.70. The second-order valence-corrected chi connectivity index (χ2v) is 8.00. The van der Waals surface area contributed by atoms with Gasteiger partial charge in [-0.2, -0.15) is 0 Å². The van der Waals surface area contributed by atoms with Crippen LogP contribution in [0.2, 0.25) is 0 Å². The molecule has 2 aromatic carbocycles. The minimum Gasteiger partial charge on any atom is -0.408 e. The molecule has 0 bridgehead atoms. The lowest BCUT2D eigenvalue weighted by molar-refractivity contribution is -0.120. The molecule has 3 rings (SSSR count). The van der Waals surface area contributed by atoms with Gasteiger partial charge in [0.2, 0.25) is 5.91 Å². The molecule has 0 aliphatic carbocycles. The maximum atomic E-state index is 12.4. The minimum absolute atomic E-state index is 0.0233. The Hall–Kier alpha value is -2.87. The highest BCUT2D eigenvalue weighted by Crippen LogP contribution is 2.19. The molecule has 1 amide bonds. The minimum atomic E-state index is -3.67. The summed E-state index contributed by atoms with van der Waals surface area (Å²) < 4.78 is 31.2. The average molecular weight is 374 g/mol. The largest absolute Gasteiger partial charge is 0.419 e. The number of aryl methyl sites for hydroxylation is 1. The number of hydrogen-bond acceptors (Lipinski definition) is 5. The Labute approximate surface area is 150 Å². The van der Waals surface area contributed by atoms with Crippen molar-refractivity contribution < 1.29 is 17.6 Å². The van der Waals surface area contributed by atoms with Gasteiger partial charge in [0.25, 0.3) is 0 Å². The molecule has 3 aromatic rings. The van der Waals surface area contributed by atoms with Gasteiger partial charge >= 0.3 is 5.76 Å². The lowest BCUT2D eigenvalue weighted by Gasteiger charge is -2.07. The summed E-state index contributed by atoms with van der Waals surface area (Å²) in [4.78, 5) is 23.4. The SMILES string of the molecule is Cn1c(=O)oc2cc(S(=O)(=O)CCC(=O)NCc3ccccc3)ccc21. The standard InChI is InChI=1S/C18H18N2O5S/c1-20-15-8-7-14(11-16(15)25-18(20)22)26(23,24)10-9-17(21)19-12-13-5-3-2-4-6-13/h2-8,11H,9-10,12H2,1H3,(H,19,21). The molecule has 136 valence electrons. The highest BCUT2D eigenvalue weighted by atomic mass is 32.2. The van der Waals surface area contributed by atoms with E-state index in [4.69, 9.17) is 4.42 Å². The summed E-state index contributed by atoms with van der Waals surface area (Å²) in [5.74, 6) is -1.23. The van der Waals surface area contributed by atoms with Crippen molar-refractivity contribution in [3.8, 4) is 0 Å². The van der Waals surface area contributed by atoms with Gasteiger partial charge in [0.1, 0.15) is 0 Å². The van der Waals surface area contributed by atoms with Gasteiger partial charge in [-0.3, -0.25) is 9.36 Å². The van der Waals surface area contributed by atoms with Gasteiger partial charge in [-0.15, -0.1) is 0 Å². The fraction of sp³-hybridized carbons (Fsp3) is 0.222. The molecule has 26 heavy (non-hydrogen) atoms. The number of hydrogen-bond donors (Lipinski definition) is 1. The smallest absolute Gasteiger partial charge is 0.408 e. The number of amides is 1. The molecule has 7 nitrogen and oxygen atoms in total. The van der Waals surface area contributed by atoms with Crippen LogP contribution in [-0.4, -0.2) is 24.6 Å². The second-order valence-electron chi connectivity index (χ2n) is 5.89. The summed E-state index contributed by atoms with van der Waals surface area (Å²) in [6, 6.07) is 13.6. The summed E-state index contributed by atoms with van der Waals surface area (Å²) >= 11 is 0. The molecule has 0 saturated heterocycles. The molecular weight excluding hydrogens is 356 g/mol. The second kappa shape index (κ2) is 7.17. The number of carbonyl (C=O) groups is 1. The lowest BCUT2D eigenvalue weighted by Crippen LogP contribution is -2.25. The highest BCUT2D eigenvalue weighted by Gasteiger charge is 2.18. The van der Waals surface area contributed by atoms with E-state index >= 15 is 0 Å². The van der Waals surface area contributed by atoms with Crippen molar-refractivity contribution in [1.82, 2.24) is 9.88 Å². The first kappa shape index (κ1) is 17.9. The van der Waals surface area contributed by atoms with Gasteiger partial charge in [-0.05, 0) is 17.7 Å². The predicted molar refractivity (Wildman–Crippen MR) is 96.4 cm³/mol. The van der Waals surface area contributed by atoms with Crippen molar-refractivity contribution in [3.63, 3.8) is 0 Å². The Morgan fingerprint density at radius 2 is 1.88 bits per heavy atom. The fourth-order valence-electron chi connectivity index (χ4n) is 2.54. The number of rotatable bonds is 6. The topological polar surface area (TPSA) is 98.4 Å². The molecule has 0 aliphatic rings. The number of nitrogens with one attached hydrogen (secondary N) is 1. The Morgan fingerprint density at radius 3 is 2.62 bits per heavy atom. The molecule has 0 aliphatic heterocycles. The van der Waals surface area contributed by atoms with E-state index in [2.05, 4.69) is 5.32 Å². The van der Waals surface area contributed by atoms with E-state index in [0.717, 1.165) is 5.56 Å². The van der Waals surface area contributed by atoms with Crippen LogP contribution in [0.4, 0.5) is 0 Å². The molecule has 1 aromatic heterocycles. The molecule has 8 heteroatoms. The van der Waals surface area contributed by atoms with Crippen LogP contribution in [0.5, 0.6) is 0 Å². The Morgan fingerprint density at radius 1 is 1.15 bits per heavy atom. The van der Waals surface area contributed by atoms with Crippen molar-refractivity contribution in [2.75, 3.05) is 5.75 Å². The number of sulfone groups is 1. The van der Waals surface area contributed by atoms with Crippen molar-refractivity contribution in [2.24, 2.45) is 7.05 Å². The van der Waals surface area contributed by atoms with Crippen LogP contribution < -0.4 is 11.1 Å². The van der Waals surface area contributed by atoms with Gasteiger partial charge in [-0.1, -0.05) is 30.3 Å². The molecule has 0 radical (unpaired) electrons. The molecule has 0 atom stereocenters. The van der Waals surface area contributed by atoms with Crippen molar-refractivity contribution >= 4 is 26.8 Å². The first-order valence-corrected chi connectivity index (χ1v) is 9.65. The van der Waals surface area contributed by atoms with E-state index < -0.39 is 15.6 Å². The zero-order chi connectivity index (χ0) is 18.7. The summed E-state index contributed by atoms with van der Waals surface area (Å²) in [6.07, 6.45) is -0.147. The molecule has 0 spiro atoms. The van der Waals surface area contributed by atoms with Crippen molar-refractivity contribution in [2.45, 2.75) is 17.9 Å². The van der Waals surface area contributed by atoms with Gasteiger partial charge in [-0.25, -0.2) is 13.2 Å². The van der Waals surface area contributed by atoms with E-state index in [-0.39, 0.29) is 28.6 Å². The predicted octanol–water partition coefficient (Wildman–Crippen LogP) is 1.61. The first-order valence-electron chi connectivity index (χ1n) is 8.00. The molecule has 0 unspecified atom stereocenters. The Bertz CT molecular complexity index is 1100. The third kappa shape index (κ3) is 3.85. The average Bonchev–Trinajstić information content (AvgIpc) is 2.93. The van der Waals surface area contributed by atoms with E-state index in [1.54, 1.807) is 7.05 Å². The molecular formula is C18H18N2O5S. The zero-order valence-electron chi connectivity index (χ0n) is 14.1. The maximum absolute atomic E-state index is 12.4. The van der Waals surface area contributed by atoms with Crippen LogP contribution >= 0.6 is 0 Å². The van der Waals surface area contributed by atoms with Crippen molar-refractivity contribution in [1.29, 1.82) is 0 Å². The summed E-state index contributed by atoms with van der Waals surface area (Å²) in [5.41, 5.74) is 1.65. The quantitative estimate of drug-likeness (QED) is 0.707. The molecule has 0 fully saturated rings. The molecule has 0 saturated carbocycles. The van der Waals surface area contributed by atoms with E-state index in [9.17, 15) is 18.0 Å². The maximum Gasteiger partial charge on any atom is 0.419 e. The third-order valence-corrected chi connectivity index (χ3v) is 5.77. The van der Waals surface area contributed by atoms with Crippen LogP contribution in [0.3, 0.4) is 0 Å². The number of oxazole rings is 1. The van der Waals surface area contributed by atoms with Gasteiger partial charge in [0.15, 0.2) is 15.4 Å².